The zero-order chi connectivity index (χ0) is 19.1. The second kappa shape index (κ2) is 9.50. The molecule has 0 atom stereocenters. The molecule has 142 valence electrons. The van der Waals surface area contributed by atoms with E-state index < -0.39 is 0 Å². The van der Waals surface area contributed by atoms with Crippen LogP contribution < -0.4 is 5.32 Å². The molecule has 1 aliphatic rings. The summed E-state index contributed by atoms with van der Waals surface area (Å²) >= 11 is 1.55. The van der Waals surface area contributed by atoms with E-state index >= 15 is 0 Å². The quantitative estimate of drug-likeness (QED) is 0.749. The highest BCUT2D eigenvalue weighted by Crippen LogP contribution is 2.23. The fourth-order valence-electron chi connectivity index (χ4n) is 2.94. The van der Waals surface area contributed by atoms with Gasteiger partial charge in [-0.15, -0.1) is 22.0 Å². The fraction of sp³-hybridized carbons (Fsp3) is 0.400. The van der Waals surface area contributed by atoms with Gasteiger partial charge < -0.3 is 9.88 Å². The van der Waals surface area contributed by atoms with Crippen molar-refractivity contribution >= 4 is 35.1 Å². The Balaban J connectivity index is 1.53. The van der Waals surface area contributed by atoms with Crippen LogP contribution in [0.1, 0.15) is 43.9 Å². The van der Waals surface area contributed by atoms with E-state index in [4.69, 9.17) is 0 Å². The number of nitrogens with one attached hydrogen (secondary N) is 1. The molecule has 1 aromatic heterocycles. The molecule has 0 aliphatic carbocycles. The molecule has 3 rings (SSSR count). The lowest BCUT2D eigenvalue weighted by Gasteiger charge is -2.11. The monoisotopic (exact) mass is 383 g/mol. The first kappa shape index (κ1) is 19.4. The number of anilines is 1. The van der Waals surface area contributed by atoms with E-state index in [1.54, 1.807) is 11.8 Å². The van der Waals surface area contributed by atoms with E-state index in [1.165, 1.54) is 5.56 Å². The van der Waals surface area contributed by atoms with Gasteiger partial charge in [-0.1, -0.05) is 19.1 Å². The lowest BCUT2D eigenvalue weighted by molar-refractivity contribution is -0.113. The Kier molecular flexibility index (Phi) is 6.81. The number of benzene rings is 1. The zero-order valence-corrected chi connectivity index (χ0v) is 16.6. The Hall–Kier alpha value is -2.41. The van der Waals surface area contributed by atoms with Gasteiger partial charge >= 0.3 is 0 Å². The van der Waals surface area contributed by atoms with Gasteiger partial charge in [-0.2, -0.15) is 0 Å². The second-order valence-corrected chi connectivity index (χ2v) is 7.29. The Morgan fingerprint density at radius 3 is 2.70 bits per heavy atom. The smallest absolute Gasteiger partial charge is 0.234 e. The summed E-state index contributed by atoms with van der Waals surface area (Å²) in [6.45, 7) is 5.00. The second-order valence-electron chi connectivity index (χ2n) is 6.30. The van der Waals surface area contributed by atoms with Crippen molar-refractivity contribution in [1.82, 2.24) is 14.8 Å². The molecule has 1 aromatic carbocycles. The minimum absolute atomic E-state index is 0.00337. The van der Waals surface area contributed by atoms with Gasteiger partial charge in [-0.3, -0.25) is 9.79 Å². The molecule has 1 N–H and O–H groups in total. The number of allylic oxidation sites excluding steroid dienone is 1. The van der Waals surface area contributed by atoms with Gasteiger partial charge in [0.2, 0.25) is 5.91 Å². The van der Waals surface area contributed by atoms with Crippen LogP contribution in [0.4, 0.5) is 5.69 Å². The molecule has 0 saturated heterocycles. The number of aromatic nitrogens is 3. The van der Waals surface area contributed by atoms with Crippen molar-refractivity contribution in [1.29, 1.82) is 0 Å². The number of nitrogens with zero attached hydrogens (tertiary/aromatic N) is 4. The van der Waals surface area contributed by atoms with Gasteiger partial charge in [0.05, 0.1) is 11.5 Å². The number of carbonyl (C=O) groups is 1. The number of aryl methyl sites for hydroxylation is 1. The predicted molar refractivity (Wildman–Crippen MR) is 112 cm³/mol. The van der Waals surface area contributed by atoms with Crippen LogP contribution in [0.2, 0.25) is 0 Å². The maximum Gasteiger partial charge on any atom is 0.234 e. The molecule has 27 heavy (non-hydrogen) atoms. The van der Waals surface area contributed by atoms with Crippen molar-refractivity contribution in [2.75, 3.05) is 11.1 Å². The van der Waals surface area contributed by atoms with Crippen LogP contribution in [0.5, 0.6) is 0 Å². The highest BCUT2D eigenvalue weighted by Gasteiger charge is 2.16. The van der Waals surface area contributed by atoms with Crippen LogP contribution in [-0.2, 0) is 23.5 Å². The molecule has 1 aliphatic heterocycles. The molecular formula is C20H25N5OS. The third-order valence-electron chi connectivity index (χ3n) is 4.42. The van der Waals surface area contributed by atoms with Crippen molar-refractivity contribution in [3.05, 3.63) is 47.7 Å². The lowest BCUT2D eigenvalue weighted by atomic mass is 10.1. The summed E-state index contributed by atoms with van der Waals surface area (Å²) in [7, 11) is 0. The van der Waals surface area contributed by atoms with Crippen LogP contribution in [0.15, 0.2) is 35.5 Å². The number of carbonyl (C=O) groups excluding carboxylic acids is 1. The standard InChI is InChI=1S/C20H25N5OS/c1-3-15-7-9-17(10-8-15)22-19(26)14-27-13-18-23-24-20(25(18)4-2)16-6-5-11-21-12-16/h7-12H,3-6,13-14H2,1-2H3,(H,22,26). The highest BCUT2D eigenvalue weighted by atomic mass is 32.2. The Morgan fingerprint density at radius 1 is 1.22 bits per heavy atom. The number of hydrogen-bond acceptors (Lipinski definition) is 5. The topological polar surface area (TPSA) is 72.2 Å². The molecule has 0 bridgehead atoms. The Labute approximate surface area is 164 Å². The van der Waals surface area contributed by atoms with E-state index in [2.05, 4.69) is 38.9 Å². The summed E-state index contributed by atoms with van der Waals surface area (Å²) in [6.07, 6.45) is 6.66. The third kappa shape index (κ3) is 5.07. The predicted octanol–water partition coefficient (Wildman–Crippen LogP) is 3.94. The lowest BCUT2D eigenvalue weighted by Crippen LogP contribution is -2.14. The molecule has 1 amide bonds. The van der Waals surface area contributed by atoms with E-state index in [1.807, 2.05) is 36.7 Å². The van der Waals surface area contributed by atoms with E-state index in [9.17, 15) is 4.79 Å². The van der Waals surface area contributed by atoms with Crippen LogP contribution in [0.25, 0.3) is 5.57 Å². The van der Waals surface area contributed by atoms with Gasteiger partial charge in [0.15, 0.2) is 5.82 Å². The first-order valence-corrected chi connectivity index (χ1v) is 10.5. The maximum atomic E-state index is 12.2. The zero-order valence-electron chi connectivity index (χ0n) is 15.8. The molecule has 7 heteroatoms. The summed E-state index contributed by atoms with van der Waals surface area (Å²) in [5.74, 6) is 2.82. The Bertz CT molecular complexity index is 839. The minimum atomic E-state index is -0.00337. The van der Waals surface area contributed by atoms with Crippen molar-refractivity contribution in [2.24, 2.45) is 4.99 Å². The molecule has 0 unspecified atom stereocenters. The number of amides is 1. The van der Waals surface area contributed by atoms with E-state index in [-0.39, 0.29) is 5.91 Å². The summed E-state index contributed by atoms with van der Waals surface area (Å²) in [5, 5.41) is 11.6. The van der Waals surface area contributed by atoms with Gasteiger partial charge in [0, 0.05) is 30.2 Å². The number of rotatable bonds is 8. The molecule has 2 aromatic rings. The van der Waals surface area contributed by atoms with Gasteiger partial charge in [-0.05, 0) is 43.9 Å². The van der Waals surface area contributed by atoms with Crippen molar-refractivity contribution < 1.29 is 4.79 Å². The average Bonchev–Trinajstić information content (AvgIpc) is 3.12. The summed E-state index contributed by atoms with van der Waals surface area (Å²) < 4.78 is 2.11. The maximum absolute atomic E-state index is 12.2. The molecule has 2 heterocycles. The normalized spacial score (nSPS) is 13.5. The molecule has 0 spiro atoms. The van der Waals surface area contributed by atoms with Crippen molar-refractivity contribution in [3.8, 4) is 0 Å². The fourth-order valence-corrected chi connectivity index (χ4v) is 3.69. The molecule has 6 nitrogen and oxygen atoms in total. The van der Waals surface area contributed by atoms with E-state index in [0.29, 0.717) is 11.5 Å². The summed E-state index contributed by atoms with van der Waals surface area (Å²) in [6, 6.07) is 7.97. The largest absolute Gasteiger partial charge is 0.325 e. The minimum Gasteiger partial charge on any atom is -0.325 e. The molecule has 0 fully saturated rings. The van der Waals surface area contributed by atoms with Crippen LogP contribution >= 0.6 is 11.8 Å². The number of thioether (sulfide) groups is 1. The first-order valence-electron chi connectivity index (χ1n) is 9.31. The molecular weight excluding hydrogens is 358 g/mol. The average molecular weight is 384 g/mol. The van der Waals surface area contributed by atoms with Crippen LogP contribution in [0, 0.1) is 0 Å². The van der Waals surface area contributed by atoms with Crippen molar-refractivity contribution in [2.45, 2.75) is 45.4 Å². The van der Waals surface area contributed by atoms with Gasteiger partial charge in [-0.25, -0.2) is 0 Å². The molecule has 0 radical (unpaired) electrons. The van der Waals surface area contributed by atoms with Crippen LogP contribution in [0.3, 0.4) is 0 Å². The van der Waals surface area contributed by atoms with Crippen molar-refractivity contribution in [3.63, 3.8) is 0 Å². The molecule has 0 saturated carbocycles. The Morgan fingerprint density at radius 2 is 2.04 bits per heavy atom. The van der Waals surface area contributed by atoms with E-state index in [0.717, 1.165) is 48.7 Å². The summed E-state index contributed by atoms with van der Waals surface area (Å²) in [4.78, 5) is 16.4. The number of aliphatic imine (C=N–C) groups is 1. The van der Waals surface area contributed by atoms with Gasteiger partial charge in [0.25, 0.3) is 0 Å². The van der Waals surface area contributed by atoms with Crippen LogP contribution in [-0.4, -0.2) is 32.6 Å². The first-order chi connectivity index (χ1) is 13.2. The highest BCUT2D eigenvalue weighted by molar-refractivity contribution is 7.99. The van der Waals surface area contributed by atoms with Gasteiger partial charge in [0.1, 0.15) is 5.82 Å². The SMILES string of the molecule is CCc1ccc(NC(=O)CSCc2nnc(C3=CN=CCC3)n2CC)cc1. The number of hydrogen-bond donors (Lipinski definition) is 1. The summed E-state index contributed by atoms with van der Waals surface area (Å²) in [5.41, 5.74) is 3.22. The third-order valence-corrected chi connectivity index (χ3v) is 5.35.